The first-order valence-electron chi connectivity index (χ1n) is 11.6. The zero-order chi connectivity index (χ0) is 26.4. The highest BCUT2D eigenvalue weighted by atomic mass is 32.2. The van der Waals surface area contributed by atoms with E-state index in [2.05, 4.69) is 5.32 Å². The minimum atomic E-state index is -0.521. The second-order valence-corrected chi connectivity index (χ2v) is 9.58. The Kier molecular flexibility index (Phi) is 8.35. The summed E-state index contributed by atoms with van der Waals surface area (Å²) in [7, 11) is 4.54. The number of hydrogen-bond donors (Lipinski definition) is 1. The summed E-state index contributed by atoms with van der Waals surface area (Å²) >= 11 is 1.01. The van der Waals surface area contributed by atoms with E-state index >= 15 is 0 Å². The Balaban J connectivity index is 1.44. The van der Waals surface area contributed by atoms with Crippen LogP contribution in [0.25, 0.3) is 0 Å². The van der Waals surface area contributed by atoms with Crippen molar-refractivity contribution in [1.29, 1.82) is 0 Å². The van der Waals surface area contributed by atoms with Crippen molar-refractivity contribution in [3.05, 3.63) is 83.4 Å². The van der Waals surface area contributed by atoms with Crippen molar-refractivity contribution in [3.8, 4) is 23.0 Å². The van der Waals surface area contributed by atoms with Gasteiger partial charge in [-0.05, 0) is 65.9 Å². The molecule has 1 aliphatic rings. The first-order valence-corrected chi connectivity index (χ1v) is 12.4. The topological polar surface area (TPSA) is 100 Å². The van der Waals surface area contributed by atoms with Crippen molar-refractivity contribution in [2.24, 2.45) is 0 Å². The Hall–Kier alpha value is -3.98. The van der Waals surface area contributed by atoms with E-state index in [1.807, 2.05) is 48.5 Å². The first kappa shape index (κ1) is 26.1. The molecule has 0 spiro atoms. The molecule has 4 rings (SSSR count). The minimum absolute atomic E-state index is 0.258. The van der Waals surface area contributed by atoms with Gasteiger partial charge in [0.2, 0.25) is 5.91 Å². The fraction of sp³-hybridized carbons (Fsp3) is 0.250. The maximum absolute atomic E-state index is 12.6. The maximum atomic E-state index is 12.6. The van der Waals surface area contributed by atoms with Crippen LogP contribution in [0.15, 0.2) is 66.7 Å². The fourth-order valence-corrected chi connectivity index (χ4v) is 4.90. The molecular formula is C28H27NO7S. The highest BCUT2D eigenvalue weighted by Gasteiger charge is 2.31. The zero-order valence-corrected chi connectivity index (χ0v) is 21.5. The monoisotopic (exact) mass is 521 g/mol. The molecular weight excluding hydrogens is 494 g/mol. The molecule has 192 valence electrons. The smallest absolute Gasteiger partial charge is 0.313 e. The summed E-state index contributed by atoms with van der Waals surface area (Å²) in [5, 5.41) is 1.58. The lowest BCUT2D eigenvalue weighted by Gasteiger charge is -2.17. The van der Waals surface area contributed by atoms with E-state index in [4.69, 9.17) is 18.9 Å². The Morgan fingerprint density at radius 1 is 0.838 bits per heavy atom. The van der Waals surface area contributed by atoms with Crippen molar-refractivity contribution in [3.63, 3.8) is 0 Å². The Morgan fingerprint density at radius 2 is 1.43 bits per heavy atom. The van der Waals surface area contributed by atoms with E-state index in [9.17, 15) is 14.4 Å². The lowest BCUT2D eigenvalue weighted by molar-refractivity contribution is -0.142. The first-order chi connectivity index (χ1) is 17.9. The fourth-order valence-electron chi connectivity index (χ4n) is 4.04. The minimum Gasteiger partial charge on any atom is -0.497 e. The number of nitrogens with one attached hydrogen (secondary N) is 1. The van der Waals surface area contributed by atoms with E-state index in [0.717, 1.165) is 28.5 Å². The molecule has 2 amide bonds. The number of carbonyl (C=O) groups is 3. The maximum Gasteiger partial charge on any atom is 0.313 e. The number of rotatable bonds is 10. The van der Waals surface area contributed by atoms with Gasteiger partial charge in [0.15, 0.2) is 0 Å². The van der Waals surface area contributed by atoms with Crippen LogP contribution in [0.1, 0.15) is 22.6 Å². The molecule has 2 atom stereocenters. The van der Waals surface area contributed by atoms with Crippen LogP contribution >= 0.6 is 11.8 Å². The van der Waals surface area contributed by atoms with Gasteiger partial charge < -0.3 is 18.9 Å². The summed E-state index contributed by atoms with van der Waals surface area (Å²) in [6, 6.07) is 20.2. The summed E-state index contributed by atoms with van der Waals surface area (Å²) in [4.78, 5) is 35.8. The highest BCUT2D eigenvalue weighted by Crippen LogP contribution is 2.31. The summed E-state index contributed by atoms with van der Waals surface area (Å²) in [6.45, 7) is 0. The molecule has 3 aromatic carbocycles. The van der Waals surface area contributed by atoms with Crippen LogP contribution in [0.5, 0.6) is 23.0 Å². The summed E-state index contributed by atoms with van der Waals surface area (Å²) in [6.07, 6.45) is 0.871. The molecule has 1 aliphatic heterocycles. The molecule has 0 saturated carbocycles. The van der Waals surface area contributed by atoms with Gasteiger partial charge >= 0.3 is 5.97 Å². The average molecular weight is 522 g/mol. The number of esters is 1. The number of methoxy groups -OCH3 is 3. The Labute approximate surface area is 219 Å². The predicted molar refractivity (Wildman–Crippen MR) is 140 cm³/mol. The molecule has 0 aromatic heterocycles. The SMILES string of the molecule is COC(=O)C(Cc1cc(OC)cc(OC)c1)c1ccc(Oc2ccc(CC3SC(=O)NC3=O)cc2)cc1. The van der Waals surface area contributed by atoms with Crippen molar-refractivity contribution in [2.75, 3.05) is 21.3 Å². The van der Waals surface area contributed by atoms with Crippen molar-refractivity contribution in [2.45, 2.75) is 24.0 Å². The van der Waals surface area contributed by atoms with Gasteiger partial charge in [-0.25, -0.2) is 0 Å². The third-order valence-electron chi connectivity index (χ3n) is 5.97. The van der Waals surface area contributed by atoms with Gasteiger partial charge in [0, 0.05) is 6.07 Å². The molecule has 37 heavy (non-hydrogen) atoms. The molecule has 1 heterocycles. The standard InChI is InChI=1S/C28H27NO7S/c1-33-22-12-18(13-23(16-22)34-2)14-24(27(31)35-3)19-6-10-21(11-7-19)36-20-8-4-17(5-9-20)15-25-26(30)29-28(32)37-25/h4-13,16,24-25H,14-15H2,1-3H3,(H,29,30,32). The lowest BCUT2D eigenvalue weighted by Crippen LogP contribution is -2.25. The van der Waals surface area contributed by atoms with Crippen LogP contribution < -0.4 is 19.5 Å². The number of hydrogen-bond acceptors (Lipinski definition) is 8. The zero-order valence-electron chi connectivity index (χ0n) is 20.7. The molecule has 0 aliphatic carbocycles. The number of thioether (sulfide) groups is 1. The van der Waals surface area contributed by atoms with E-state index < -0.39 is 11.2 Å². The van der Waals surface area contributed by atoms with Gasteiger partial charge in [-0.15, -0.1) is 0 Å². The van der Waals surface area contributed by atoms with Crippen LogP contribution in [-0.2, 0) is 27.2 Å². The van der Waals surface area contributed by atoms with Crippen LogP contribution in [0.2, 0.25) is 0 Å². The molecule has 8 nitrogen and oxygen atoms in total. The van der Waals surface area contributed by atoms with Crippen molar-refractivity contribution >= 4 is 28.9 Å². The van der Waals surface area contributed by atoms with Gasteiger partial charge in [0.25, 0.3) is 5.24 Å². The molecule has 3 aromatic rings. The molecule has 1 N–H and O–H groups in total. The van der Waals surface area contributed by atoms with Crippen molar-refractivity contribution < 1.29 is 33.3 Å². The third kappa shape index (κ3) is 6.62. The van der Waals surface area contributed by atoms with E-state index in [1.165, 1.54) is 7.11 Å². The number of imide groups is 1. The summed E-state index contributed by atoms with van der Waals surface area (Å²) in [5.74, 6) is 1.40. The third-order valence-corrected chi connectivity index (χ3v) is 6.95. The van der Waals surface area contributed by atoms with Gasteiger partial charge in [0.05, 0.1) is 32.5 Å². The molecule has 9 heteroatoms. The van der Waals surface area contributed by atoms with Gasteiger partial charge in [-0.3, -0.25) is 19.7 Å². The predicted octanol–water partition coefficient (Wildman–Crippen LogP) is 4.89. The number of benzene rings is 3. The van der Waals surface area contributed by atoms with Gasteiger partial charge in [-0.1, -0.05) is 36.0 Å². The normalized spacial score (nSPS) is 15.6. The number of carbonyl (C=O) groups excluding carboxylic acids is 3. The largest absolute Gasteiger partial charge is 0.497 e. The van der Waals surface area contributed by atoms with E-state index in [0.29, 0.717) is 35.8 Å². The van der Waals surface area contributed by atoms with Crippen LogP contribution in [0.3, 0.4) is 0 Å². The highest BCUT2D eigenvalue weighted by molar-refractivity contribution is 8.15. The van der Waals surface area contributed by atoms with Crippen LogP contribution in [-0.4, -0.2) is 43.7 Å². The average Bonchev–Trinajstić information content (AvgIpc) is 3.24. The number of ether oxygens (including phenoxy) is 4. The second-order valence-electron chi connectivity index (χ2n) is 8.40. The van der Waals surface area contributed by atoms with Gasteiger partial charge in [-0.2, -0.15) is 0 Å². The molecule has 0 radical (unpaired) electrons. The van der Waals surface area contributed by atoms with Gasteiger partial charge in [0.1, 0.15) is 23.0 Å². The van der Waals surface area contributed by atoms with Crippen molar-refractivity contribution in [1.82, 2.24) is 5.32 Å². The quantitative estimate of drug-likeness (QED) is 0.377. The summed E-state index contributed by atoms with van der Waals surface area (Å²) in [5.41, 5.74) is 2.60. The molecule has 1 fully saturated rings. The van der Waals surface area contributed by atoms with E-state index in [1.54, 1.807) is 32.4 Å². The second kappa shape index (κ2) is 11.8. The van der Waals surface area contributed by atoms with Crippen LogP contribution in [0, 0.1) is 0 Å². The van der Waals surface area contributed by atoms with E-state index in [-0.39, 0.29) is 17.1 Å². The number of amides is 2. The van der Waals surface area contributed by atoms with Crippen LogP contribution in [0.4, 0.5) is 4.79 Å². The lowest BCUT2D eigenvalue weighted by atomic mass is 9.91. The summed E-state index contributed by atoms with van der Waals surface area (Å²) < 4.78 is 21.7. The Morgan fingerprint density at radius 3 is 1.95 bits per heavy atom. The molecule has 0 bridgehead atoms. The molecule has 1 saturated heterocycles. The molecule has 2 unspecified atom stereocenters. The Bertz CT molecular complexity index is 1250.